The molecule has 112 valence electrons. The van der Waals surface area contributed by atoms with Crippen molar-refractivity contribution in [3.63, 3.8) is 0 Å². The lowest BCUT2D eigenvalue weighted by atomic mass is 9.81. The number of nitrogens with zero attached hydrogens (tertiary/aromatic N) is 1. The van der Waals surface area contributed by atoms with Crippen LogP contribution in [0.3, 0.4) is 0 Å². The van der Waals surface area contributed by atoms with Gasteiger partial charge in [0.1, 0.15) is 0 Å². The minimum atomic E-state index is 0.0559. The van der Waals surface area contributed by atoms with Crippen LogP contribution in [0.5, 0.6) is 0 Å². The van der Waals surface area contributed by atoms with Gasteiger partial charge in [0.25, 0.3) is 0 Å². The summed E-state index contributed by atoms with van der Waals surface area (Å²) in [5.74, 6) is 0.755. The molecule has 5 heteroatoms. The molecule has 2 radical (unpaired) electrons. The third kappa shape index (κ3) is 4.08. The van der Waals surface area contributed by atoms with Gasteiger partial charge in [-0.05, 0) is 47.4 Å². The molecule has 21 heavy (non-hydrogen) atoms. The first-order valence-corrected chi connectivity index (χ1v) is 8.88. The Labute approximate surface area is 134 Å². The Balaban J connectivity index is 2.17. The lowest BCUT2D eigenvalue weighted by Gasteiger charge is -2.30. The Morgan fingerprint density at radius 2 is 2.14 bits per heavy atom. The van der Waals surface area contributed by atoms with Gasteiger partial charge in [-0.15, -0.1) is 18.5 Å². The van der Waals surface area contributed by atoms with Crippen LogP contribution in [-0.2, 0) is 4.79 Å². The summed E-state index contributed by atoms with van der Waals surface area (Å²) < 4.78 is 0. The van der Waals surface area contributed by atoms with Gasteiger partial charge in [-0.1, -0.05) is 32.8 Å². The molecule has 1 saturated carbocycles. The number of anilines is 1. The van der Waals surface area contributed by atoms with E-state index in [-0.39, 0.29) is 11.8 Å². The van der Waals surface area contributed by atoms with Crippen LogP contribution in [0.4, 0.5) is 5.69 Å². The van der Waals surface area contributed by atoms with Gasteiger partial charge in [0, 0.05) is 11.6 Å². The molecular weight excluding hydrogens is 295 g/mol. The summed E-state index contributed by atoms with van der Waals surface area (Å²) in [6.07, 6.45) is 4.28. The molecule has 1 aromatic rings. The van der Waals surface area contributed by atoms with Crippen molar-refractivity contribution in [2.45, 2.75) is 45.2 Å². The third-order valence-corrected chi connectivity index (χ3v) is 5.25. The van der Waals surface area contributed by atoms with Crippen molar-refractivity contribution in [1.29, 1.82) is 0 Å². The second kappa shape index (κ2) is 7.25. The monoisotopic (exact) mass is 319 g/mol. The molecule has 5 atom stereocenters. The zero-order chi connectivity index (χ0) is 15.6. The second-order valence-corrected chi connectivity index (χ2v) is 7.90. The molecule has 1 aliphatic rings. The quantitative estimate of drug-likeness (QED) is 0.618. The lowest BCUT2D eigenvalue weighted by Crippen LogP contribution is -2.36. The van der Waals surface area contributed by atoms with Crippen molar-refractivity contribution in [2.75, 3.05) is 4.81 Å². The highest BCUT2D eigenvalue weighted by Gasteiger charge is 2.27. The van der Waals surface area contributed by atoms with Gasteiger partial charge in [0.05, 0.1) is 0 Å². The van der Waals surface area contributed by atoms with Crippen LogP contribution in [0.15, 0.2) is 18.2 Å². The van der Waals surface area contributed by atoms with E-state index >= 15 is 0 Å². The van der Waals surface area contributed by atoms with Crippen molar-refractivity contribution in [3.8, 4) is 0 Å². The number of amides is 1. The molecule has 1 fully saturated rings. The first-order valence-electron chi connectivity index (χ1n) is 7.63. The molecule has 0 aromatic heterocycles. The van der Waals surface area contributed by atoms with Gasteiger partial charge in [0.2, 0.25) is 13.9 Å². The van der Waals surface area contributed by atoms with Gasteiger partial charge in [0.15, 0.2) is 0 Å². The standard InChI is InChI=1S/C16H24BNOP2/c1-10-4-3-5-12(8-10)16(19)18(17)13-6-7-15(21)14(9-13)11(2)20/h6-7,9-12H,3-5,8,20-21H2,1-2H3/t10-,11?,12+/m0/s1. The summed E-state index contributed by atoms with van der Waals surface area (Å²) in [7, 11) is 11.6. The predicted octanol–water partition coefficient (Wildman–Crippen LogP) is 3.37. The minimum absolute atomic E-state index is 0.0559. The fourth-order valence-corrected chi connectivity index (χ4v) is 4.01. The minimum Gasteiger partial charge on any atom is -0.369 e. The third-order valence-electron chi connectivity index (χ3n) is 4.36. The summed E-state index contributed by atoms with van der Waals surface area (Å²) in [6, 6.07) is 5.94. The number of hydrogen-bond acceptors (Lipinski definition) is 1. The molecular formula is C16H24BNOP2. The van der Waals surface area contributed by atoms with E-state index in [1.807, 2.05) is 18.2 Å². The molecule has 0 heterocycles. The Morgan fingerprint density at radius 3 is 2.76 bits per heavy atom. The number of rotatable bonds is 3. The Kier molecular flexibility index (Phi) is 5.86. The van der Waals surface area contributed by atoms with E-state index in [4.69, 9.17) is 7.98 Å². The molecule has 0 spiro atoms. The highest BCUT2D eigenvalue weighted by molar-refractivity contribution is 7.27. The summed E-state index contributed by atoms with van der Waals surface area (Å²) in [6.45, 7) is 4.33. The molecule has 0 saturated heterocycles. The van der Waals surface area contributed by atoms with E-state index in [0.29, 0.717) is 11.6 Å². The Bertz CT molecular complexity index is 521. The predicted molar refractivity (Wildman–Crippen MR) is 98.3 cm³/mol. The van der Waals surface area contributed by atoms with Crippen LogP contribution in [-0.4, -0.2) is 13.9 Å². The van der Waals surface area contributed by atoms with Gasteiger partial charge < -0.3 is 4.81 Å². The molecule has 1 amide bonds. The van der Waals surface area contributed by atoms with Crippen molar-refractivity contribution < 1.29 is 4.79 Å². The molecule has 0 bridgehead atoms. The fraction of sp³-hybridized carbons (Fsp3) is 0.562. The zero-order valence-electron chi connectivity index (χ0n) is 12.9. The number of carbonyl (C=O) groups is 1. The summed E-state index contributed by atoms with van der Waals surface area (Å²) >= 11 is 0. The van der Waals surface area contributed by atoms with Gasteiger partial charge in [-0.3, -0.25) is 4.79 Å². The van der Waals surface area contributed by atoms with E-state index in [2.05, 4.69) is 32.3 Å². The summed E-state index contributed by atoms with van der Waals surface area (Å²) in [4.78, 5) is 14.0. The highest BCUT2D eigenvalue weighted by atomic mass is 31.0. The molecule has 1 aliphatic carbocycles. The Hall–Kier alpha value is -0.385. The zero-order valence-corrected chi connectivity index (χ0v) is 15.2. The number of benzene rings is 1. The fourth-order valence-electron chi connectivity index (χ4n) is 3.09. The largest absolute Gasteiger partial charge is 0.369 e. The first-order chi connectivity index (χ1) is 9.90. The second-order valence-electron chi connectivity index (χ2n) is 6.28. The van der Waals surface area contributed by atoms with Gasteiger partial charge in [-0.2, -0.15) is 0 Å². The lowest BCUT2D eigenvalue weighted by molar-refractivity contribution is -0.122. The van der Waals surface area contributed by atoms with Gasteiger partial charge >= 0.3 is 0 Å². The van der Waals surface area contributed by atoms with E-state index in [1.54, 1.807) is 0 Å². The normalized spacial score (nSPS) is 23.6. The topological polar surface area (TPSA) is 20.3 Å². The SMILES string of the molecule is [B]N(C(=O)[C@@H]1CCC[C@H](C)C1)c1ccc(P)c(C(C)P)c1. The summed E-state index contributed by atoms with van der Waals surface area (Å²) in [5, 5.41) is 1.15. The molecule has 3 unspecified atom stereocenters. The maximum Gasteiger partial charge on any atom is 0.238 e. The maximum atomic E-state index is 12.6. The average molecular weight is 319 g/mol. The number of hydrogen-bond donors (Lipinski definition) is 0. The van der Waals surface area contributed by atoms with E-state index in [0.717, 1.165) is 30.3 Å². The van der Waals surface area contributed by atoms with Crippen LogP contribution in [0.2, 0.25) is 0 Å². The van der Waals surface area contributed by atoms with Crippen molar-refractivity contribution in [2.24, 2.45) is 11.8 Å². The van der Waals surface area contributed by atoms with Crippen molar-refractivity contribution in [3.05, 3.63) is 23.8 Å². The molecule has 0 N–H and O–H groups in total. The van der Waals surface area contributed by atoms with E-state index in [1.165, 1.54) is 16.8 Å². The van der Waals surface area contributed by atoms with E-state index < -0.39 is 0 Å². The maximum absolute atomic E-state index is 12.6. The highest BCUT2D eigenvalue weighted by Crippen LogP contribution is 2.31. The van der Waals surface area contributed by atoms with Crippen LogP contribution < -0.4 is 10.1 Å². The molecule has 2 rings (SSSR count). The Morgan fingerprint density at radius 1 is 1.43 bits per heavy atom. The average Bonchev–Trinajstić information content (AvgIpc) is 2.46. The van der Waals surface area contributed by atoms with Crippen molar-refractivity contribution in [1.82, 2.24) is 0 Å². The van der Waals surface area contributed by atoms with Gasteiger partial charge in [-0.25, -0.2) is 0 Å². The number of carbonyl (C=O) groups excluding carboxylic acids is 1. The summed E-state index contributed by atoms with van der Waals surface area (Å²) in [5.41, 5.74) is 2.30. The first kappa shape index (κ1) is 17.0. The molecule has 0 aliphatic heterocycles. The molecule has 2 nitrogen and oxygen atoms in total. The van der Waals surface area contributed by atoms with Crippen LogP contribution in [0, 0.1) is 11.8 Å². The smallest absolute Gasteiger partial charge is 0.238 e. The van der Waals surface area contributed by atoms with E-state index in [9.17, 15) is 4.79 Å². The van der Waals surface area contributed by atoms with Crippen LogP contribution >= 0.6 is 18.5 Å². The van der Waals surface area contributed by atoms with Crippen molar-refractivity contribution >= 4 is 43.4 Å². The molecule has 1 aromatic carbocycles. The van der Waals surface area contributed by atoms with Crippen LogP contribution in [0.25, 0.3) is 0 Å². The van der Waals surface area contributed by atoms with Crippen LogP contribution in [0.1, 0.15) is 50.8 Å².